The maximum Gasteiger partial charge on any atom is 0.159 e. The van der Waals surface area contributed by atoms with Gasteiger partial charge in [-0.2, -0.15) is 0 Å². The fourth-order valence-electron chi connectivity index (χ4n) is 1.65. The van der Waals surface area contributed by atoms with Crippen LogP contribution in [0.2, 0.25) is 0 Å². The van der Waals surface area contributed by atoms with Gasteiger partial charge in [-0.1, -0.05) is 23.8 Å². The summed E-state index contributed by atoms with van der Waals surface area (Å²) in [5, 5.41) is 0. The van der Waals surface area contributed by atoms with Crippen molar-refractivity contribution in [2.45, 2.75) is 20.4 Å². The average molecular weight is 213 g/mol. The minimum absolute atomic E-state index is 0.447. The van der Waals surface area contributed by atoms with Crippen LogP contribution in [-0.2, 0) is 6.54 Å². The SMILES string of the molecule is Cc1cccc(-c2nc(C)cc(CN)n2)c1. The third-order valence-corrected chi connectivity index (χ3v) is 2.39. The standard InChI is InChI=1S/C13H15N3/c1-9-4-3-5-11(6-9)13-15-10(2)7-12(8-14)16-13/h3-7H,8,14H2,1-2H3. The molecule has 0 fully saturated rings. The van der Waals surface area contributed by atoms with E-state index in [0.717, 1.165) is 22.8 Å². The van der Waals surface area contributed by atoms with Crippen molar-refractivity contribution in [1.29, 1.82) is 0 Å². The predicted octanol–water partition coefficient (Wildman–Crippen LogP) is 2.22. The van der Waals surface area contributed by atoms with Crippen LogP contribution >= 0.6 is 0 Å². The first kappa shape index (κ1) is 10.8. The van der Waals surface area contributed by atoms with Crippen molar-refractivity contribution in [1.82, 2.24) is 9.97 Å². The van der Waals surface area contributed by atoms with Gasteiger partial charge < -0.3 is 5.73 Å². The Bertz CT molecular complexity index is 506. The molecule has 1 aromatic heterocycles. The highest BCUT2D eigenvalue weighted by Crippen LogP contribution is 2.17. The molecule has 0 radical (unpaired) electrons. The molecule has 2 aromatic rings. The highest BCUT2D eigenvalue weighted by Gasteiger charge is 2.04. The first-order valence-corrected chi connectivity index (χ1v) is 5.30. The van der Waals surface area contributed by atoms with E-state index in [4.69, 9.17) is 5.73 Å². The number of rotatable bonds is 2. The summed E-state index contributed by atoms with van der Waals surface area (Å²) >= 11 is 0. The van der Waals surface area contributed by atoms with Gasteiger partial charge in [0.1, 0.15) is 0 Å². The molecule has 2 N–H and O–H groups in total. The average Bonchev–Trinajstić information content (AvgIpc) is 2.28. The maximum absolute atomic E-state index is 5.61. The molecule has 16 heavy (non-hydrogen) atoms. The monoisotopic (exact) mass is 213 g/mol. The van der Waals surface area contributed by atoms with Crippen molar-refractivity contribution in [2.75, 3.05) is 0 Å². The Hall–Kier alpha value is -1.74. The van der Waals surface area contributed by atoms with Gasteiger partial charge in [0, 0.05) is 17.8 Å². The number of nitrogens with zero attached hydrogens (tertiary/aromatic N) is 2. The molecule has 3 nitrogen and oxygen atoms in total. The molecule has 0 saturated heterocycles. The van der Waals surface area contributed by atoms with Gasteiger partial charge in [0.25, 0.3) is 0 Å². The van der Waals surface area contributed by atoms with Gasteiger partial charge in [0.05, 0.1) is 5.69 Å². The summed E-state index contributed by atoms with van der Waals surface area (Å²) < 4.78 is 0. The zero-order valence-electron chi connectivity index (χ0n) is 9.57. The Morgan fingerprint density at radius 1 is 1.12 bits per heavy atom. The lowest BCUT2D eigenvalue weighted by molar-refractivity contribution is 0.953. The second kappa shape index (κ2) is 4.41. The second-order valence-electron chi connectivity index (χ2n) is 3.90. The maximum atomic E-state index is 5.61. The van der Waals surface area contributed by atoms with Crippen LogP contribution in [0.5, 0.6) is 0 Å². The summed E-state index contributed by atoms with van der Waals surface area (Å²) in [4.78, 5) is 8.85. The van der Waals surface area contributed by atoms with E-state index in [1.807, 2.05) is 25.1 Å². The molecule has 2 rings (SSSR count). The lowest BCUT2D eigenvalue weighted by atomic mass is 10.1. The van der Waals surface area contributed by atoms with Crippen LogP contribution in [-0.4, -0.2) is 9.97 Å². The molecule has 0 aliphatic rings. The minimum Gasteiger partial charge on any atom is -0.325 e. The number of benzene rings is 1. The number of aryl methyl sites for hydroxylation is 2. The summed E-state index contributed by atoms with van der Waals surface area (Å²) in [5.74, 6) is 0.754. The van der Waals surface area contributed by atoms with Gasteiger partial charge in [-0.25, -0.2) is 9.97 Å². The molecule has 82 valence electrons. The number of hydrogen-bond acceptors (Lipinski definition) is 3. The van der Waals surface area contributed by atoms with Gasteiger partial charge in [0.2, 0.25) is 0 Å². The topological polar surface area (TPSA) is 51.8 Å². The zero-order chi connectivity index (χ0) is 11.5. The fraction of sp³-hybridized carbons (Fsp3) is 0.231. The molecular weight excluding hydrogens is 198 g/mol. The first-order valence-electron chi connectivity index (χ1n) is 5.30. The highest BCUT2D eigenvalue weighted by molar-refractivity contribution is 5.56. The molecule has 3 heteroatoms. The van der Waals surface area contributed by atoms with Crippen LogP contribution in [0.1, 0.15) is 17.0 Å². The Kier molecular flexibility index (Phi) is 2.97. The third kappa shape index (κ3) is 2.25. The van der Waals surface area contributed by atoms with Crippen molar-refractivity contribution in [3.05, 3.63) is 47.3 Å². The van der Waals surface area contributed by atoms with Crippen LogP contribution in [0.4, 0.5) is 0 Å². The summed E-state index contributed by atoms with van der Waals surface area (Å²) in [5.41, 5.74) is 9.68. The Balaban J connectivity index is 2.51. The number of aromatic nitrogens is 2. The van der Waals surface area contributed by atoms with Crippen molar-refractivity contribution < 1.29 is 0 Å². The molecule has 0 amide bonds. The Labute approximate surface area is 95.4 Å². The molecular formula is C13H15N3. The van der Waals surface area contributed by atoms with E-state index in [1.54, 1.807) is 0 Å². The van der Waals surface area contributed by atoms with Gasteiger partial charge in [0.15, 0.2) is 5.82 Å². The van der Waals surface area contributed by atoms with E-state index < -0.39 is 0 Å². The molecule has 1 heterocycles. The molecule has 0 bridgehead atoms. The first-order chi connectivity index (χ1) is 7.69. The third-order valence-electron chi connectivity index (χ3n) is 2.39. The smallest absolute Gasteiger partial charge is 0.159 e. The van der Waals surface area contributed by atoms with Gasteiger partial charge in [-0.05, 0) is 26.0 Å². The van der Waals surface area contributed by atoms with E-state index in [2.05, 4.69) is 29.0 Å². The summed E-state index contributed by atoms with van der Waals surface area (Å²) in [6.45, 7) is 4.46. The lowest BCUT2D eigenvalue weighted by Gasteiger charge is -2.05. The largest absolute Gasteiger partial charge is 0.325 e. The van der Waals surface area contributed by atoms with Gasteiger partial charge in [-0.15, -0.1) is 0 Å². The minimum atomic E-state index is 0.447. The number of hydrogen-bond donors (Lipinski definition) is 1. The van der Waals surface area contributed by atoms with Crippen LogP contribution in [0.15, 0.2) is 30.3 Å². The summed E-state index contributed by atoms with van der Waals surface area (Å²) in [6.07, 6.45) is 0. The molecule has 0 aliphatic carbocycles. The Morgan fingerprint density at radius 3 is 2.62 bits per heavy atom. The fourth-order valence-corrected chi connectivity index (χ4v) is 1.65. The molecule has 0 aliphatic heterocycles. The van der Waals surface area contributed by atoms with E-state index >= 15 is 0 Å². The summed E-state index contributed by atoms with van der Waals surface area (Å²) in [7, 11) is 0. The quantitative estimate of drug-likeness (QED) is 0.832. The van der Waals surface area contributed by atoms with E-state index in [0.29, 0.717) is 6.54 Å². The number of nitrogens with two attached hydrogens (primary N) is 1. The molecule has 0 saturated carbocycles. The summed E-state index contributed by atoms with van der Waals surface area (Å²) in [6, 6.07) is 10.1. The second-order valence-corrected chi connectivity index (χ2v) is 3.90. The van der Waals surface area contributed by atoms with Crippen molar-refractivity contribution >= 4 is 0 Å². The molecule has 1 aromatic carbocycles. The molecule has 0 unspecified atom stereocenters. The normalized spacial score (nSPS) is 10.4. The van der Waals surface area contributed by atoms with Crippen LogP contribution < -0.4 is 5.73 Å². The highest BCUT2D eigenvalue weighted by atomic mass is 14.9. The lowest BCUT2D eigenvalue weighted by Crippen LogP contribution is -2.03. The van der Waals surface area contributed by atoms with E-state index in [9.17, 15) is 0 Å². The van der Waals surface area contributed by atoms with E-state index in [-0.39, 0.29) is 0 Å². The van der Waals surface area contributed by atoms with Crippen LogP contribution in [0.3, 0.4) is 0 Å². The zero-order valence-corrected chi connectivity index (χ0v) is 9.57. The van der Waals surface area contributed by atoms with E-state index in [1.165, 1.54) is 5.56 Å². The van der Waals surface area contributed by atoms with Crippen molar-refractivity contribution in [3.63, 3.8) is 0 Å². The van der Waals surface area contributed by atoms with Crippen LogP contribution in [0, 0.1) is 13.8 Å². The van der Waals surface area contributed by atoms with Gasteiger partial charge in [-0.3, -0.25) is 0 Å². The predicted molar refractivity (Wildman–Crippen MR) is 64.8 cm³/mol. The molecule has 0 atom stereocenters. The van der Waals surface area contributed by atoms with Gasteiger partial charge >= 0.3 is 0 Å². The van der Waals surface area contributed by atoms with Crippen molar-refractivity contribution in [3.8, 4) is 11.4 Å². The van der Waals surface area contributed by atoms with Crippen molar-refractivity contribution in [2.24, 2.45) is 5.73 Å². The van der Waals surface area contributed by atoms with Crippen LogP contribution in [0.25, 0.3) is 11.4 Å². The Morgan fingerprint density at radius 2 is 1.94 bits per heavy atom. The molecule has 0 spiro atoms.